The van der Waals surface area contributed by atoms with Crippen LogP contribution in [0.4, 0.5) is 4.39 Å². The van der Waals surface area contributed by atoms with Crippen molar-refractivity contribution in [2.75, 3.05) is 0 Å². The highest BCUT2D eigenvalue weighted by Gasteiger charge is 2.47. The molecule has 3 aromatic heterocycles. The van der Waals surface area contributed by atoms with Crippen LogP contribution in [-0.4, -0.2) is 35.9 Å². The molecule has 0 amide bonds. The maximum absolute atomic E-state index is 13.5. The zero-order valence-electron chi connectivity index (χ0n) is 11.6. The first-order valence-corrected chi connectivity index (χ1v) is 6.77. The largest absolute Gasteiger partial charge is 0.481 e. The summed E-state index contributed by atoms with van der Waals surface area (Å²) in [5.41, 5.74) is 1.77. The van der Waals surface area contributed by atoms with Gasteiger partial charge in [0.1, 0.15) is 0 Å². The second kappa shape index (κ2) is 4.12. The van der Waals surface area contributed by atoms with Crippen LogP contribution in [0.5, 0.6) is 0 Å². The van der Waals surface area contributed by atoms with Crippen molar-refractivity contribution in [3.63, 3.8) is 0 Å². The average molecular weight is 301 g/mol. The van der Waals surface area contributed by atoms with Crippen LogP contribution in [0.3, 0.4) is 0 Å². The normalized spacial score (nSPS) is 23.8. The van der Waals surface area contributed by atoms with Gasteiger partial charge in [0.05, 0.1) is 17.8 Å². The highest BCUT2D eigenvalue weighted by atomic mass is 19.1. The predicted molar refractivity (Wildman–Crippen MR) is 73.0 cm³/mol. The molecule has 2 atom stereocenters. The number of rotatable bonds is 2. The molecule has 3 aromatic rings. The summed E-state index contributed by atoms with van der Waals surface area (Å²) in [7, 11) is 0. The van der Waals surface area contributed by atoms with Crippen LogP contribution in [0.15, 0.2) is 24.7 Å². The standard InChI is InChI=1S/C14H12FN5O2/c1-14(7-4-17-18-5-7)3-8(13(21)22)9-6-16-11-2-10(15)19-20(11)12(9)14/h2,4-6,8H,3H2,1H3,(H,17,18)(H,21,22)/t8?,14-/m1/s1. The molecule has 0 saturated heterocycles. The minimum Gasteiger partial charge on any atom is -0.481 e. The van der Waals surface area contributed by atoms with Gasteiger partial charge >= 0.3 is 5.97 Å². The molecule has 4 rings (SSSR count). The third-order valence-corrected chi connectivity index (χ3v) is 4.43. The molecule has 8 heteroatoms. The molecule has 112 valence electrons. The van der Waals surface area contributed by atoms with Gasteiger partial charge in [0.25, 0.3) is 0 Å². The Balaban J connectivity index is 2.07. The first-order valence-electron chi connectivity index (χ1n) is 6.77. The summed E-state index contributed by atoms with van der Waals surface area (Å²) in [5, 5.41) is 20.1. The summed E-state index contributed by atoms with van der Waals surface area (Å²) >= 11 is 0. The lowest BCUT2D eigenvalue weighted by atomic mass is 9.81. The van der Waals surface area contributed by atoms with Crippen molar-refractivity contribution in [2.45, 2.75) is 24.7 Å². The van der Waals surface area contributed by atoms with Crippen molar-refractivity contribution < 1.29 is 14.3 Å². The molecule has 22 heavy (non-hydrogen) atoms. The van der Waals surface area contributed by atoms with Crippen LogP contribution in [-0.2, 0) is 10.2 Å². The van der Waals surface area contributed by atoms with E-state index in [0.717, 1.165) is 5.56 Å². The number of halogens is 1. The summed E-state index contributed by atoms with van der Waals surface area (Å²) in [6.45, 7) is 1.92. The van der Waals surface area contributed by atoms with Crippen molar-refractivity contribution in [3.05, 3.63) is 47.4 Å². The van der Waals surface area contributed by atoms with Gasteiger partial charge in [-0.15, -0.1) is 5.10 Å². The van der Waals surface area contributed by atoms with E-state index in [0.29, 0.717) is 23.3 Å². The number of hydrogen-bond acceptors (Lipinski definition) is 4. The highest BCUT2D eigenvalue weighted by molar-refractivity contribution is 5.79. The fourth-order valence-electron chi connectivity index (χ4n) is 3.37. The number of hydrogen-bond donors (Lipinski definition) is 2. The molecule has 1 aliphatic rings. The minimum atomic E-state index is -0.928. The summed E-state index contributed by atoms with van der Waals surface area (Å²) in [4.78, 5) is 15.7. The van der Waals surface area contributed by atoms with Crippen LogP contribution in [0.25, 0.3) is 5.65 Å². The molecule has 0 aliphatic heterocycles. The lowest BCUT2D eigenvalue weighted by molar-refractivity contribution is -0.138. The Kier molecular flexibility index (Phi) is 2.42. The van der Waals surface area contributed by atoms with Crippen LogP contribution in [0.1, 0.15) is 36.1 Å². The van der Waals surface area contributed by atoms with Crippen molar-refractivity contribution >= 4 is 11.6 Å². The van der Waals surface area contributed by atoms with Gasteiger partial charge in [-0.2, -0.15) is 9.49 Å². The van der Waals surface area contributed by atoms with Gasteiger partial charge in [0.15, 0.2) is 5.65 Å². The van der Waals surface area contributed by atoms with Gasteiger partial charge in [-0.3, -0.25) is 9.89 Å². The van der Waals surface area contributed by atoms with Gasteiger partial charge < -0.3 is 5.11 Å². The first-order chi connectivity index (χ1) is 10.5. The zero-order chi connectivity index (χ0) is 15.5. The lowest BCUT2D eigenvalue weighted by Crippen LogP contribution is -2.24. The summed E-state index contributed by atoms with van der Waals surface area (Å²) < 4.78 is 14.9. The monoisotopic (exact) mass is 301 g/mol. The van der Waals surface area contributed by atoms with Crippen molar-refractivity contribution in [1.29, 1.82) is 0 Å². The predicted octanol–water partition coefficient (Wildman–Crippen LogP) is 1.47. The van der Waals surface area contributed by atoms with E-state index in [-0.39, 0.29) is 0 Å². The maximum atomic E-state index is 13.5. The number of nitrogens with zero attached hydrogens (tertiary/aromatic N) is 4. The van der Waals surface area contributed by atoms with E-state index in [1.165, 1.54) is 16.8 Å². The molecule has 0 bridgehead atoms. The third-order valence-electron chi connectivity index (χ3n) is 4.43. The molecule has 1 aliphatic carbocycles. The van der Waals surface area contributed by atoms with E-state index >= 15 is 0 Å². The number of H-pyrrole nitrogens is 1. The highest BCUT2D eigenvalue weighted by Crippen LogP contribution is 2.49. The summed E-state index contributed by atoms with van der Waals surface area (Å²) in [5.74, 6) is -2.28. The number of carboxylic acids is 1. The van der Waals surface area contributed by atoms with E-state index in [2.05, 4.69) is 20.3 Å². The number of aromatic nitrogens is 5. The zero-order valence-corrected chi connectivity index (χ0v) is 11.6. The molecule has 3 heterocycles. The summed E-state index contributed by atoms with van der Waals surface area (Å²) in [6, 6.07) is 1.23. The molecule has 7 nitrogen and oxygen atoms in total. The van der Waals surface area contributed by atoms with Gasteiger partial charge in [0.2, 0.25) is 5.95 Å². The fourth-order valence-corrected chi connectivity index (χ4v) is 3.37. The van der Waals surface area contributed by atoms with Crippen LogP contribution in [0, 0.1) is 5.95 Å². The van der Waals surface area contributed by atoms with Crippen LogP contribution < -0.4 is 0 Å². The number of aromatic amines is 1. The number of carbonyl (C=O) groups is 1. The molecule has 0 radical (unpaired) electrons. The van der Waals surface area contributed by atoms with Crippen molar-refractivity contribution in [2.24, 2.45) is 0 Å². The Morgan fingerprint density at radius 2 is 2.36 bits per heavy atom. The van der Waals surface area contributed by atoms with Crippen molar-refractivity contribution in [3.8, 4) is 0 Å². The fraction of sp³-hybridized carbons (Fsp3) is 0.286. The number of carboxylic acid groups (broad SMARTS) is 1. The number of fused-ring (bicyclic) bond motifs is 3. The average Bonchev–Trinajstić information content (AvgIpc) is 3.15. The molecular formula is C14H12FN5O2. The van der Waals surface area contributed by atoms with Gasteiger partial charge in [-0.1, -0.05) is 0 Å². The van der Waals surface area contributed by atoms with E-state index in [9.17, 15) is 14.3 Å². The molecule has 1 unspecified atom stereocenters. The molecule has 0 saturated carbocycles. The topological polar surface area (TPSA) is 96.2 Å². The molecule has 0 spiro atoms. The smallest absolute Gasteiger partial charge is 0.311 e. The van der Waals surface area contributed by atoms with Gasteiger partial charge in [-0.05, 0) is 13.3 Å². The Bertz CT molecular complexity index is 888. The first kappa shape index (κ1) is 12.9. The molecular weight excluding hydrogens is 289 g/mol. The second-order valence-electron chi connectivity index (χ2n) is 5.71. The SMILES string of the molecule is C[C@]1(c2cn[nH]c2)CC(C(=O)O)c2cnc3cc(F)nn3c21. The van der Waals surface area contributed by atoms with E-state index < -0.39 is 23.2 Å². The molecule has 0 fully saturated rings. The number of aliphatic carboxylic acids is 1. The van der Waals surface area contributed by atoms with E-state index in [1.807, 2.05) is 6.92 Å². The van der Waals surface area contributed by atoms with Crippen molar-refractivity contribution in [1.82, 2.24) is 24.8 Å². The Hall–Kier alpha value is -2.77. The Morgan fingerprint density at radius 1 is 1.55 bits per heavy atom. The quantitative estimate of drug-likeness (QED) is 0.747. The Morgan fingerprint density at radius 3 is 3.05 bits per heavy atom. The Labute approximate surface area is 123 Å². The van der Waals surface area contributed by atoms with Gasteiger partial charge in [-0.25, -0.2) is 9.50 Å². The summed E-state index contributed by atoms with van der Waals surface area (Å²) in [6.07, 6.45) is 5.23. The molecule has 2 N–H and O–H groups in total. The lowest BCUT2D eigenvalue weighted by Gasteiger charge is -2.24. The minimum absolute atomic E-state index is 0.347. The van der Waals surface area contributed by atoms with E-state index in [4.69, 9.17) is 0 Å². The van der Waals surface area contributed by atoms with Gasteiger partial charge in [0, 0.05) is 35.0 Å². The second-order valence-corrected chi connectivity index (χ2v) is 5.71. The van der Waals surface area contributed by atoms with E-state index in [1.54, 1.807) is 12.4 Å². The number of nitrogens with one attached hydrogen (secondary N) is 1. The maximum Gasteiger partial charge on any atom is 0.311 e. The molecule has 0 aromatic carbocycles. The third kappa shape index (κ3) is 1.54. The van der Waals surface area contributed by atoms with Crippen LogP contribution in [0.2, 0.25) is 0 Å². The van der Waals surface area contributed by atoms with Crippen LogP contribution >= 0.6 is 0 Å².